The molecule has 8 nitrogen and oxygen atoms in total. The molecule has 0 aromatic heterocycles. The first-order chi connectivity index (χ1) is 13.5. The van der Waals surface area contributed by atoms with Gasteiger partial charge in [-0.15, -0.1) is 0 Å². The van der Waals surface area contributed by atoms with Gasteiger partial charge in [0.1, 0.15) is 0 Å². The monoisotopic (exact) mass is 447 g/mol. The second kappa shape index (κ2) is 11.3. The van der Waals surface area contributed by atoms with Crippen LogP contribution in [0.1, 0.15) is 11.1 Å². The summed E-state index contributed by atoms with van der Waals surface area (Å²) in [4.78, 5) is 31.7. The second-order valence-corrected chi connectivity index (χ2v) is 5.93. The van der Waals surface area contributed by atoms with E-state index in [-0.39, 0.29) is 12.6 Å². The highest BCUT2D eigenvalue weighted by molar-refractivity contribution is 6.27. The molecule has 1 aromatic carbocycles. The Balaban J connectivity index is 0.00000122. The first-order valence-corrected chi connectivity index (χ1v) is 7.95. The largest absolute Gasteiger partial charge is 0.473 e. The fraction of sp³-hybridized carbons (Fsp3) is 0.438. The number of rotatable bonds is 6. The number of amides is 1. The molecule has 0 heterocycles. The molecule has 170 valence electrons. The van der Waals surface area contributed by atoms with Gasteiger partial charge in [-0.2, -0.15) is 26.3 Å². The van der Waals surface area contributed by atoms with E-state index in [1.807, 2.05) is 24.3 Å². The number of hydrogen-bond acceptors (Lipinski definition) is 5. The Hall–Kier alpha value is -2.87. The topological polar surface area (TPSA) is 119 Å². The molecule has 0 aliphatic heterocycles. The Morgan fingerprint density at radius 3 is 1.67 bits per heavy atom. The Labute approximate surface area is 166 Å². The van der Waals surface area contributed by atoms with E-state index in [9.17, 15) is 31.1 Å². The SMILES string of the molecule is CN(C)CCNCC(=O)Nc1cc(C(F)(F)F)cc(C(F)(F)F)c1.O=C(O)C(=O)O. The van der Waals surface area contributed by atoms with Gasteiger partial charge in [-0.25, -0.2) is 9.59 Å². The summed E-state index contributed by atoms with van der Waals surface area (Å²) in [5.41, 5.74) is -3.52. The van der Waals surface area contributed by atoms with Gasteiger partial charge in [0.15, 0.2) is 0 Å². The molecule has 1 aromatic rings. The molecule has 0 aliphatic rings. The number of carbonyl (C=O) groups is 3. The van der Waals surface area contributed by atoms with E-state index in [1.54, 1.807) is 0 Å². The van der Waals surface area contributed by atoms with E-state index < -0.39 is 47.0 Å². The highest BCUT2D eigenvalue weighted by Crippen LogP contribution is 2.37. The van der Waals surface area contributed by atoms with Crippen LogP contribution >= 0.6 is 0 Å². The summed E-state index contributed by atoms with van der Waals surface area (Å²) in [6.07, 6.45) is -9.91. The molecule has 0 radical (unpaired) electrons. The average Bonchev–Trinajstić information content (AvgIpc) is 2.57. The molecule has 1 rings (SSSR count). The standard InChI is InChI=1S/C14H17F6N3O.C2H2O4/c1-23(2)4-3-21-8-12(24)22-11-6-9(13(15,16)17)5-10(7-11)14(18,19)20;3-1(4)2(5)6/h5-7,21H,3-4,8H2,1-2H3,(H,22,24);(H,3,4)(H,5,6). The first kappa shape index (κ1) is 27.1. The number of nitrogens with one attached hydrogen (secondary N) is 2. The second-order valence-electron chi connectivity index (χ2n) is 5.93. The smallest absolute Gasteiger partial charge is 0.416 e. The maximum atomic E-state index is 12.7. The van der Waals surface area contributed by atoms with Crippen LogP contribution < -0.4 is 10.6 Å². The van der Waals surface area contributed by atoms with Crippen molar-refractivity contribution in [2.24, 2.45) is 0 Å². The van der Waals surface area contributed by atoms with Gasteiger partial charge in [0.2, 0.25) is 5.91 Å². The summed E-state index contributed by atoms with van der Waals surface area (Å²) >= 11 is 0. The van der Waals surface area contributed by atoms with Crippen molar-refractivity contribution < 1.29 is 50.9 Å². The van der Waals surface area contributed by atoms with Crippen molar-refractivity contribution in [2.75, 3.05) is 39.0 Å². The minimum atomic E-state index is -4.95. The van der Waals surface area contributed by atoms with Gasteiger partial charge in [-0.1, -0.05) is 0 Å². The quantitative estimate of drug-likeness (QED) is 0.299. The van der Waals surface area contributed by atoms with E-state index in [4.69, 9.17) is 19.8 Å². The Bertz CT molecular complexity index is 706. The molecule has 14 heteroatoms. The Morgan fingerprint density at radius 2 is 1.33 bits per heavy atom. The highest BCUT2D eigenvalue weighted by Gasteiger charge is 2.37. The van der Waals surface area contributed by atoms with Gasteiger partial charge >= 0.3 is 24.3 Å². The summed E-state index contributed by atoms with van der Waals surface area (Å²) < 4.78 is 76.2. The maximum Gasteiger partial charge on any atom is 0.416 e. The molecule has 0 saturated heterocycles. The molecule has 0 aliphatic carbocycles. The lowest BCUT2D eigenvalue weighted by molar-refractivity contribution is -0.159. The van der Waals surface area contributed by atoms with Crippen molar-refractivity contribution >= 4 is 23.5 Å². The number of nitrogens with zero attached hydrogens (tertiary/aromatic N) is 1. The van der Waals surface area contributed by atoms with Gasteiger partial charge < -0.3 is 25.7 Å². The van der Waals surface area contributed by atoms with Crippen LogP contribution in [0.2, 0.25) is 0 Å². The number of carbonyl (C=O) groups excluding carboxylic acids is 1. The molecule has 0 spiro atoms. The van der Waals surface area contributed by atoms with Gasteiger partial charge in [0.05, 0.1) is 17.7 Å². The summed E-state index contributed by atoms with van der Waals surface area (Å²) in [5, 5.41) is 19.6. The van der Waals surface area contributed by atoms with Crippen molar-refractivity contribution in [3.63, 3.8) is 0 Å². The van der Waals surface area contributed by atoms with Crippen LogP contribution in [0.5, 0.6) is 0 Å². The molecule has 0 atom stereocenters. The highest BCUT2D eigenvalue weighted by atomic mass is 19.4. The van der Waals surface area contributed by atoms with Gasteiger partial charge in [0, 0.05) is 18.8 Å². The molecular weight excluding hydrogens is 428 g/mol. The van der Waals surface area contributed by atoms with Crippen LogP contribution in [0.4, 0.5) is 32.0 Å². The third-order valence-corrected chi connectivity index (χ3v) is 3.08. The van der Waals surface area contributed by atoms with E-state index in [0.717, 1.165) is 0 Å². The fourth-order valence-electron chi connectivity index (χ4n) is 1.74. The van der Waals surface area contributed by atoms with E-state index in [2.05, 4.69) is 5.32 Å². The Kier molecular flexibility index (Phi) is 10.3. The van der Waals surface area contributed by atoms with Crippen molar-refractivity contribution in [3.8, 4) is 0 Å². The minimum absolute atomic E-state index is 0.00495. The van der Waals surface area contributed by atoms with Gasteiger partial charge in [-0.05, 0) is 32.3 Å². The van der Waals surface area contributed by atoms with Crippen molar-refractivity contribution in [1.29, 1.82) is 0 Å². The number of aliphatic carboxylic acids is 2. The number of carboxylic acid groups (broad SMARTS) is 2. The van der Waals surface area contributed by atoms with Crippen molar-refractivity contribution in [2.45, 2.75) is 12.4 Å². The number of benzene rings is 1. The predicted octanol–water partition coefficient (Wildman–Crippen LogP) is 1.97. The van der Waals surface area contributed by atoms with Crippen LogP contribution in [0, 0.1) is 0 Å². The van der Waals surface area contributed by atoms with Crippen molar-refractivity contribution in [3.05, 3.63) is 29.3 Å². The van der Waals surface area contributed by atoms with Gasteiger partial charge in [-0.3, -0.25) is 4.79 Å². The third kappa shape index (κ3) is 11.2. The number of hydrogen-bond donors (Lipinski definition) is 4. The number of anilines is 1. The third-order valence-electron chi connectivity index (χ3n) is 3.08. The molecule has 0 unspecified atom stereocenters. The van der Waals surface area contributed by atoms with Crippen LogP contribution in [0.3, 0.4) is 0 Å². The number of halogens is 6. The summed E-state index contributed by atoms with van der Waals surface area (Å²) in [6, 6.07) is 0.935. The number of carboxylic acids is 2. The molecular formula is C16H19F6N3O5. The molecule has 30 heavy (non-hydrogen) atoms. The number of likely N-dealkylation sites (N-methyl/N-ethyl adjacent to an activating group) is 1. The lowest BCUT2D eigenvalue weighted by Gasteiger charge is -2.15. The maximum absolute atomic E-state index is 12.7. The zero-order chi connectivity index (χ0) is 23.7. The minimum Gasteiger partial charge on any atom is -0.473 e. The van der Waals surface area contributed by atoms with Crippen molar-refractivity contribution in [1.82, 2.24) is 10.2 Å². The first-order valence-electron chi connectivity index (χ1n) is 7.95. The summed E-state index contributed by atoms with van der Waals surface area (Å²) in [6.45, 7) is 0.831. The summed E-state index contributed by atoms with van der Waals surface area (Å²) in [7, 11) is 3.62. The molecule has 1 amide bonds. The van der Waals surface area contributed by atoms with Crippen LogP contribution in [0.15, 0.2) is 18.2 Å². The normalized spacial score (nSPS) is 11.5. The molecule has 0 bridgehead atoms. The van der Waals surface area contributed by atoms with E-state index in [1.165, 1.54) is 0 Å². The molecule has 4 N–H and O–H groups in total. The van der Waals surface area contributed by atoms with E-state index in [0.29, 0.717) is 25.2 Å². The van der Waals surface area contributed by atoms with Gasteiger partial charge in [0.25, 0.3) is 0 Å². The molecule has 0 fully saturated rings. The average molecular weight is 447 g/mol. The van der Waals surface area contributed by atoms with Crippen LogP contribution in [0.25, 0.3) is 0 Å². The summed E-state index contributed by atoms with van der Waals surface area (Å²) in [5.74, 6) is -4.38. The Morgan fingerprint density at radius 1 is 0.900 bits per heavy atom. The lowest BCUT2D eigenvalue weighted by Crippen LogP contribution is -2.33. The van der Waals surface area contributed by atoms with E-state index >= 15 is 0 Å². The zero-order valence-corrected chi connectivity index (χ0v) is 15.7. The fourth-order valence-corrected chi connectivity index (χ4v) is 1.74. The number of alkyl halides is 6. The molecule has 0 saturated carbocycles. The van der Waals surface area contributed by atoms with Crippen LogP contribution in [-0.2, 0) is 26.7 Å². The van der Waals surface area contributed by atoms with Crippen LogP contribution in [-0.4, -0.2) is 66.7 Å². The zero-order valence-electron chi connectivity index (χ0n) is 15.7. The lowest BCUT2D eigenvalue weighted by atomic mass is 10.1. The predicted molar refractivity (Wildman–Crippen MR) is 91.8 cm³/mol.